The van der Waals surface area contributed by atoms with Gasteiger partial charge in [0.15, 0.2) is 0 Å². The topological polar surface area (TPSA) is 38.1 Å². The van der Waals surface area contributed by atoms with E-state index in [-0.39, 0.29) is 6.10 Å². The number of rotatable bonds is 3. The van der Waals surface area contributed by atoms with Crippen molar-refractivity contribution in [3.05, 3.63) is 18.0 Å². The molecule has 1 atom stereocenters. The van der Waals surface area contributed by atoms with Crippen molar-refractivity contribution in [3.63, 3.8) is 0 Å². The van der Waals surface area contributed by atoms with Gasteiger partial charge in [-0.15, -0.1) is 0 Å². The van der Waals surface area contributed by atoms with E-state index in [0.29, 0.717) is 12.5 Å². The third-order valence-electron chi connectivity index (χ3n) is 1.75. The van der Waals surface area contributed by atoms with Crippen LogP contribution in [-0.2, 0) is 6.42 Å². The Balaban J connectivity index is 2.77. The Kier molecular flexibility index (Phi) is 2.87. The van der Waals surface area contributed by atoms with Crippen LogP contribution in [-0.4, -0.2) is 21.0 Å². The smallest absolute Gasteiger partial charge is 0.0567 e. The van der Waals surface area contributed by atoms with Crippen LogP contribution in [0.25, 0.3) is 0 Å². The summed E-state index contributed by atoms with van der Waals surface area (Å²) in [6, 6.07) is 2.32. The van der Waals surface area contributed by atoms with Gasteiger partial charge in [0.1, 0.15) is 0 Å². The van der Waals surface area contributed by atoms with Crippen molar-refractivity contribution in [3.8, 4) is 0 Å². The zero-order chi connectivity index (χ0) is 9.14. The molecule has 0 aliphatic rings. The van der Waals surface area contributed by atoms with E-state index >= 15 is 0 Å². The lowest BCUT2D eigenvalue weighted by molar-refractivity contribution is 0.191. The average Bonchev–Trinajstić information content (AvgIpc) is 2.33. The first-order valence-electron chi connectivity index (χ1n) is 4.31. The van der Waals surface area contributed by atoms with Gasteiger partial charge in [0.2, 0.25) is 0 Å². The molecular formula is C9H16N2O. The largest absolute Gasteiger partial charge is 0.393 e. The van der Waals surface area contributed by atoms with Gasteiger partial charge in [0.25, 0.3) is 0 Å². The number of nitrogens with zero attached hydrogens (tertiary/aromatic N) is 2. The third kappa shape index (κ3) is 2.08. The van der Waals surface area contributed by atoms with Crippen molar-refractivity contribution in [2.24, 2.45) is 0 Å². The zero-order valence-corrected chi connectivity index (χ0v) is 7.86. The van der Waals surface area contributed by atoms with Gasteiger partial charge in [0.05, 0.1) is 6.10 Å². The number of hydrogen-bond donors (Lipinski definition) is 1. The molecule has 0 radical (unpaired) electrons. The summed E-state index contributed by atoms with van der Waals surface area (Å²) in [7, 11) is 0. The van der Waals surface area contributed by atoms with Gasteiger partial charge in [-0.05, 0) is 26.8 Å². The molecule has 0 aliphatic heterocycles. The SMILES string of the molecule is CC(O)Cc1ccnn1C(C)C. The van der Waals surface area contributed by atoms with Crippen molar-refractivity contribution in [1.82, 2.24) is 9.78 Å². The van der Waals surface area contributed by atoms with Crippen LogP contribution < -0.4 is 0 Å². The highest BCUT2D eigenvalue weighted by Crippen LogP contribution is 2.09. The number of aromatic nitrogens is 2. The van der Waals surface area contributed by atoms with Crippen LogP contribution in [0.4, 0.5) is 0 Å². The van der Waals surface area contributed by atoms with Gasteiger partial charge >= 0.3 is 0 Å². The number of aliphatic hydroxyl groups is 1. The highest BCUT2D eigenvalue weighted by atomic mass is 16.3. The van der Waals surface area contributed by atoms with E-state index in [0.717, 1.165) is 5.69 Å². The molecule has 0 aliphatic carbocycles. The maximum absolute atomic E-state index is 9.19. The van der Waals surface area contributed by atoms with Gasteiger partial charge in [-0.3, -0.25) is 4.68 Å². The monoisotopic (exact) mass is 168 g/mol. The molecule has 1 rings (SSSR count). The highest BCUT2D eigenvalue weighted by Gasteiger charge is 2.07. The summed E-state index contributed by atoms with van der Waals surface area (Å²) in [6.45, 7) is 5.95. The van der Waals surface area contributed by atoms with Crippen molar-refractivity contribution in [1.29, 1.82) is 0 Å². The van der Waals surface area contributed by atoms with Gasteiger partial charge in [0, 0.05) is 24.4 Å². The standard InChI is InChI=1S/C9H16N2O/c1-7(2)11-9(4-5-10-11)6-8(3)12/h4-5,7-8,12H,6H2,1-3H3. The van der Waals surface area contributed by atoms with Crippen LogP contribution in [0.2, 0.25) is 0 Å². The van der Waals surface area contributed by atoms with Crippen LogP contribution in [0.15, 0.2) is 12.3 Å². The van der Waals surface area contributed by atoms with Crippen LogP contribution >= 0.6 is 0 Å². The van der Waals surface area contributed by atoms with Gasteiger partial charge in [-0.1, -0.05) is 0 Å². The molecule has 0 aromatic carbocycles. The van der Waals surface area contributed by atoms with E-state index in [4.69, 9.17) is 0 Å². The fraction of sp³-hybridized carbons (Fsp3) is 0.667. The third-order valence-corrected chi connectivity index (χ3v) is 1.75. The lowest BCUT2D eigenvalue weighted by Crippen LogP contribution is -2.12. The minimum absolute atomic E-state index is 0.292. The van der Waals surface area contributed by atoms with Gasteiger partial charge < -0.3 is 5.11 Å². The molecule has 1 N–H and O–H groups in total. The summed E-state index contributed by atoms with van der Waals surface area (Å²) >= 11 is 0. The van der Waals surface area contributed by atoms with Crippen molar-refractivity contribution < 1.29 is 5.11 Å². The molecule has 0 amide bonds. The Morgan fingerprint density at radius 1 is 1.50 bits per heavy atom. The second kappa shape index (κ2) is 3.72. The predicted octanol–water partition coefficient (Wildman–Crippen LogP) is 1.39. The molecule has 1 heterocycles. The Labute approximate surface area is 73.0 Å². The van der Waals surface area contributed by atoms with Crippen molar-refractivity contribution in [2.45, 2.75) is 39.3 Å². The van der Waals surface area contributed by atoms with Crippen molar-refractivity contribution in [2.75, 3.05) is 0 Å². The molecule has 1 aromatic rings. The maximum Gasteiger partial charge on any atom is 0.0567 e. The van der Waals surface area contributed by atoms with Crippen LogP contribution in [0.5, 0.6) is 0 Å². The predicted molar refractivity (Wildman–Crippen MR) is 48.0 cm³/mol. The molecule has 0 spiro atoms. The number of aliphatic hydroxyl groups excluding tert-OH is 1. The number of hydrogen-bond acceptors (Lipinski definition) is 2. The summed E-state index contributed by atoms with van der Waals surface area (Å²) in [5.74, 6) is 0. The Morgan fingerprint density at radius 2 is 2.17 bits per heavy atom. The lowest BCUT2D eigenvalue weighted by atomic mass is 10.2. The van der Waals surface area contributed by atoms with E-state index in [9.17, 15) is 5.11 Å². The summed E-state index contributed by atoms with van der Waals surface area (Å²) in [4.78, 5) is 0. The lowest BCUT2D eigenvalue weighted by Gasteiger charge is -2.11. The van der Waals surface area contributed by atoms with Crippen LogP contribution in [0, 0.1) is 0 Å². The quantitative estimate of drug-likeness (QED) is 0.740. The minimum atomic E-state index is -0.292. The van der Waals surface area contributed by atoms with E-state index in [1.807, 2.05) is 10.7 Å². The Morgan fingerprint density at radius 3 is 2.67 bits per heavy atom. The molecule has 68 valence electrons. The minimum Gasteiger partial charge on any atom is -0.393 e. The van der Waals surface area contributed by atoms with E-state index in [1.54, 1.807) is 13.1 Å². The average molecular weight is 168 g/mol. The van der Waals surface area contributed by atoms with Crippen molar-refractivity contribution >= 4 is 0 Å². The molecule has 12 heavy (non-hydrogen) atoms. The molecule has 0 bridgehead atoms. The molecular weight excluding hydrogens is 152 g/mol. The molecule has 3 heteroatoms. The molecule has 0 saturated carbocycles. The van der Waals surface area contributed by atoms with Gasteiger partial charge in [-0.2, -0.15) is 5.10 Å². The molecule has 1 unspecified atom stereocenters. The van der Waals surface area contributed by atoms with Crippen LogP contribution in [0.3, 0.4) is 0 Å². The molecule has 0 fully saturated rings. The highest BCUT2D eigenvalue weighted by molar-refractivity contribution is 5.02. The maximum atomic E-state index is 9.19. The molecule has 0 saturated heterocycles. The van der Waals surface area contributed by atoms with E-state index in [1.165, 1.54) is 0 Å². The second-order valence-corrected chi connectivity index (χ2v) is 3.41. The summed E-state index contributed by atoms with van der Waals surface area (Å²) in [6.07, 6.45) is 2.16. The fourth-order valence-electron chi connectivity index (χ4n) is 1.27. The van der Waals surface area contributed by atoms with E-state index in [2.05, 4.69) is 18.9 Å². The fourth-order valence-corrected chi connectivity index (χ4v) is 1.27. The van der Waals surface area contributed by atoms with Crippen LogP contribution in [0.1, 0.15) is 32.5 Å². The summed E-state index contributed by atoms with van der Waals surface area (Å²) in [5, 5.41) is 13.4. The Bertz CT molecular complexity index is 240. The molecule has 1 aromatic heterocycles. The first kappa shape index (κ1) is 9.26. The first-order chi connectivity index (χ1) is 5.61. The normalized spacial score (nSPS) is 13.8. The summed E-state index contributed by atoms with van der Waals surface area (Å²) < 4.78 is 1.94. The summed E-state index contributed by atoms with van der Waals surface area (Å²) in [5.41, 5.74) is 1.10. The first-order valence-corrected chi connectivity index (χ1v) is 4.31. The second-order valence-electron chi connectivity index (χ2n) is 3.41. The van der Waals surface area contributed by atoms with Gasteiger partial charge in [-0.25, -0.2) is 0 Å². The Hall–Kier alpha value is -0.830. The molecule has 3 nitrogen and oxygen atoms in total. The zero-order valence-electron chi connectivity index (χ0n) is 7.86. The van der Waals surface area contributed by atoms with E-state index < -0.39 is 0 Å².